The van der Waals surface area contributed by atoms with Gasteiger partial charge < -0.3 is 8.92 Å². The summed E-state index contributed by atoms with van der Waals surface area (Å²) in [5, 5.41) is 2.01. The summed E-state index contributed by atoms with van der Waals surface area (Å²) >= 11 is 9.69. The molecule has 9 nitrogen and oxygen atoms in total. The van der Waals surface area contributed by atoms with E-state index in [9.17, 15) is 22.8 Å². The Kier molecular flexibility index (Phi) is 7.63. The fourth-order valence-electron chi connectivity index (χ4n) is 3.68. The van der Waals surface area contributed by atoms with Crippen LogP contribution in [-0.2, 0) is 19.7 Å². The second-order valence-electron chi connectivity index (χ2n) is 8.27. The summed E-state index contributed by atoms with van der Waals surface area (Å²) in [6, 6.07) is 12.8. The first-order chi connectivity index (χ1) is 17.9. The summed E-state index contributed by atoms with van der Waals surface area (Å²) in [7, 11) is -2.96. The normalized spacial score (nSPS) is 15.0. The molecule has 1 aliphatic heterocycles. The highest BCUT2D eigenvalue weighted by Gasteiger charge is 2.37. The van der Waals surface area contributed by atoms with E-state index in [0.717, 1.165) is 14.9 Å². The number of ether oxygens (including phenoxy) is 1. The Morgan fingerprint density at radius 2 is 1.68 bits per heavy atom. The molecule has 0 saturated carbocycles. The first-order valence-electron chi connectivity index (χ1n) is 11.0. The maximum Gasteiger partial charge on any atom is 0.339 e. The monoisotopic (exact) mass is 618 g/mol. The molecule has 1 aliphatic rings. The zero-order valence-electron chi connectivity index (χ0n) is 20.2. The molecular weight excluding hydrogens is 600 g/mol. The van der Waals surface area contributed by atoms with Gasteiger partial charge in [-0.3, -0.25) is 14.9 Å². The van der Waals surface area contributed by atoms with Crippen LogP contribution in [0.5, 0.6) is 11.5 Å². The van der Waals surface area contributed by atoms with E-state index in [4.69, 9.17) is 20.5 Å². The van der Waals surface area contributed by atoms with E-state index in [1.807, 2.05) is 6.92 Å². The molecule has 3 aromatic carbocycles. The van der Waals surface area contributed by atoms with Crippen molar-refractivity contribution >= 4 is 67.3 Å². The minimum absolute atomic E-state index is 0.0552. The number of carbonyl (C=O) groups excluding carboxylic acids is 3. The molecule has 0 radical (unpaired) electrons. The number of amides is 4. The van der Waals surface area contributed by atoms with E-state index in [1.54, 1.807) is 37.3 Å². The number of hydrogen-bond acceptors (Lipinski definition) is 7. The number of halogens is 2. The van der Waals surface area contributed by atoms with E-state index in [2.05, 4.69) is 21.2 Å². The van der Waals surface area contributed by atoms with Gasteiger partial charge in [0, 0.05) is 4.47 Å². The third kappa shape index (κ3) is 5.45. The number of nitrogens with zero attached hydrogens (tertiary/aromatic N) is 1. The molecule has 12 heteroatoms. The van der Waals surface area contributed by atoms with Crippen LogP contribution in [0.2, 0.25) is 5.02 Å². The number of benzene rings is 3. The number of imide groups is 2. The zero-order chi connectivity index (χ0) is 27.8. The molecule has 0 atom stereocenters. The lowest BCUT2D eigenvalue weighted by Gasteiger charge is -2.27. The first kappa shape index (κ1) is 27.4. The SMILES string of the molecule is COc1cc(/C=C2/C(=O)NC(=O)N(c3ccc(Br)cc3C)C2=O)cc(Cl)c1OS(=O)(=O)c1ccc(C)cc1. The average Bonchev–Trinajstić information content (AvgIpc) is 2.84. The highest BCUT2D eigenvalue weighted by molar-refractivity contribution is 9.10. The molecule has 38 heavy (non-hydrogen) atoms. The second-order valence-corrected chi connectivity index (χ2v) is 11.1. The van der Waals surface area contributed by atoms with E-state index in [0.29, 0.717) is 11.3 Å². The molecule has 0 unspecified atom stereocenters. The van der Waals surface area contributed by atoms with E-state index < -0.39 is 28.0 Å². The molecule has 1 saturated heterocycles. The van der Waals surface area contributed by atoms with Crippen molar-refractivity contribution in [2.45, 2.75) is 18.7 Å². The number of urea groups is 1. The minimum atomic E-state index is -4.24. The van der Waals surface area contributed by atoms with Crippen molar-refractivity contribution in [1.82, 2.24) is 5.32 Å². The van der Waals surface area contributed by atoms with Crippen LogP contribution in [0.4, 0.5) is 10.5 Å². The lowest BCUT2D eigenvalue weighted by Crippen LogP contribution is -2.54. The Morgan fingerprint density at radius 1 is 1.00 bits per heavy atom. The largest absolute Gasteiger partial charge is 0.493 e. The van der Waals surface area contributed by atoms with Gasteiger partial charge in [0.1, 0.15) is 10.5 Å². The lowest BCUT2D eigenvalue weighted by molar-refractivity contribution is -0.122. The fraction of sp³-hybridized carbons (Fsp3) is 0.115. The van der Waals surface area contributed by atoms with Crippen LogP contribution in [0.1, 0.15) is 16.7 Å². The highest BCUT2D eigenvalue weighted by atomic mass is 79.9. The van der Waals surface area contributed by atoms with Crippen LogP contribution in [0.3, 0.4) is 0 Å². The Balaban J connectivity index is 1.71. The minimum Gasteiger partial charge on any atom is -0.493 e. The fourth-order valence-corrected chi connectivity index (χ4v) is 5.42. The van der Waals surface area contributed by atoms with Crippen LogP contribution < -0.4 is 19.1 Å². The highest BCUT2D eigenvalue weighted by Crippen LogP contribution is 2.39. The standard InChI is InChI=1S/C26H20BrClN2O7S/c1-14-4-7-18(8-5-14)38(34,35)37-23-20(28)12-16(13-22(23)36-3)11-19-24(31)29-26(33)30(25(19)32)21-9-6-17(27)10-15(21)2/h4-13H,1-3H3,(H,29,31,33)/b19-11-. The predicted octanol–water partition coefficient (Wildman–Crippen LogP) is 5.16. The molecule has 1 N–H and O–H groups in total. The smallest absolute Gasteiger partial charge is 0.339 e. The predicted molar refractivity (Wildman–Crippen MR) is 145 cm³/mol. The number of nitrogens with one attached hydrogen (secondary N) is 1. The number of rotatable bonds is 6. The second kappa shape index (κ2) is 10.6. The summed E-state index contributed by atoms with van der Waals surface area (Å²) in [5.74, 6) is -2.07. The third-order valence-corrected chi connectivity index (χ3v) is 7.58. The third-order valence-electron chi connectivity index (χ3n) is 5.57. The number of carbonyl (C=O) groups is 3. The summed E-state index contributed by atoms with van der Waals surface area (Å²) in [4.78, 5) is 39.2. The van der Waals surface area contributed by atoms with Crippen LogP contribution in [0.15, 0.2) is 69.5 Å². The molecule has 196 valence electrons. The molecule has 0 aromatic heterocycles. The van der Waals surface area contributed by atoms with Crippen molar-refractivity contribution in [2.24, 2.45) is 0 Å². The van der Waals surface area contributed by atoms with Crippen molar-refractivity contribution in [3.8, 4) is 11.5 Å². The molecular formula is C26H20BrClN2O7S. The Labute approximate surface area is 232 Å². The molecule has 0 bridgehead atoms. The van der Waals surface area contributed by atoms with Gasteiger partial charge >= 0.3 is 16.1 Å². The van der Waals surface area contributed by atoms with Crippen molar-refractivity contribution in [1.29, 1.82) is 0 Å². The summed E-state index contributed by atoms with van der Waals surface area (Å²) in [5.41, 5.74) is 1.68. The molecule has 1 heterocycles. The lowest BCUT2D eigenvalue weighted by atomic mass is 10.1. The number of methoxy groups -OCH3 is 1. The first-order valence-corrected chi connectivity index (χ1v) is 13.6. The Bertz CT molecular complexity index is 1620. The van der Waals surface area contributed by atoms with Crippen LogP contribution in [0, 0.1) is 13.8 Å². The quantitative estimate of drug-likeness (QED) is 0.230. The summed E-state index contributed by atoms with van der Waals surface area (Å²) in [6.07, 6.45) is 1.22. The number of aryl methyl sites for hydroxylation is 2. The van der Waals surface area contributed by atoms with Gasteiger partial charge in [0.25, 0.3) is 11.8 Å². The van der Waals surface area contributed by atoms with Crippen molar-refractivity contribution < 1.29 is 31.7 Å². The van der Waals surface area contributed by atoms with Crippen molar-refractivity contribution in [3.63, 3.8) is 0 Å². The topological polar surface area (TPSA) is 119 Å². The molecule has 3 aromatic rings. The van der Waals surface area contributed by atoms with Gasteiger partial charge in [0.05, 0.1) is 17.8 Å². The maximum atomic E-state index is 13.3. The van der Waals surface area contributed by atoms with E-state index >= 15 is 0 Å². The van der Waals surface area contributed by atoms with Crippen LogP contribution in [-0.4, -0.2) is 33.4 Å². The number of hydrogen-bond donors (Lipinski definition) is 1. The number of barbiturate groups is 1. The Morgan fingerprint density at radius 3 is 2.32 bits per heavy atom. The molecule has 0 spiro atoms. The van der Waals surface area contributed by atoms with Gasteiger partial charge in [-0.1, -0.05) is 45.2 Å². The molecule has 4 rings (SSSR count). The van der Waals surface area contributed by atoms with Crippen molar-refractivity contribution in [2.75, 3.05) is 12.0 Å². The van der Waals surface area contributed by atoms with Gasteiger partial charge in [-0.15, -0.1) is 0 Å². The molecule has 0 aliphatic carbocycles. The Hall–Kier alpha value is -3.67. The van der Waals surface area contributed by atoms with Crippen molar-refractivity contribution in [3.05, 3.63) is 86.4 Å². The van der Waals surface area contributed by atoms with Crippen LogP contribution in [0.25, 0.3) is 6.08 Å². The van der Waals surface area contributed by atoms with E-state index in [1.165, 1.54) is 37.5 Å². The van der Waals surface area contributed by atoms with Gasteiger partial charge in [-0.2, -0.15) is 8.42 Å². The summed E-state index contributed by atoms with van der Waals surface area (Å²) < 4.78 is 36.9. The number of anilines is 1. The van der Waals surface area contributed by atoms with Gasteiger partial charge in [0.2, 0.25) is 5.75 Å². The van der Waals surface area contributed by atoms with E-state index in [-0.39, 0.29) is 32.6 Å². The van der Waals surface area contributed by atoms with Gasteiger partial charge in [-0.05, 0) is 73.5 Å². The van der Waals surface area contributed by atoms with Gasteiger partial charge in [0.15, 0.2) is 5.75 Å². The average molecular weight is 620 g/mol. The maximum absolute atomic E-state index is 13.3. The zero-order valence-corrected chi connectivity index (χ0v) is 23.4. The molecule has 4 amide bonds. The van der Waals surface area contributed by atoms with Gasteiger partial charge in [-0.25, -0.2) is 9.69 Å². The summed E-state index contributed by atoms with van der Waals surface area (Å²) in [6.45, 7) is 3.53. The van der Waals surface area contributed by atoms with Crippen LogP contribution >= 0.6 is 27.5 Å². The molecule has 1 fully saturated rings.